The van der Waals surface area contributed by atoms with Gasteiger partial charge in [-0.25, -0.2) is 9.97 Å². The fourth-order valence-electron chi connectivity index (χ4n) is 5.17. The lowest BCUT2D eigenvalue weighted by Crippen LogP contribution is -1.85. The van der Waals surface area contributed by atoms with E-state index < -0.39 is 0 Å². The average molecular weight is 537 g/mol. The van der Waals surface area contributed by atoms with Crippen LogP contribution in [0.25, 0.3) is 68.4 Å². The molecule has 0 bridgehead atoms. The summed E-state index contributed by atoms with van der Waals surface area (Å²) in [6, 6.07) is 50.7. The molecule has 5 aromatic carbocycles. The molecule has 2 nitrogen and oxygen atoms in total. The van der Waals surface area contributed by atoms with E-state index in [1.54, 1.807) is 0 Å². The van der Waals surface area contributed by atoms with Gasteiger partial charge in [0.05, 0.1) is 22.4 Å². The van der Waals surface area contributed by atoms with Gasteiger partial charge in [0.25, 0.3) is 0 Å². The molecule has 0 aliphatic rings. The second-order valence-electron chi connectivity index (χ2n) is 10.4. The average Bonchev–Trinajstić information content (AvgIpc) is 3.07. The van der Waals surface area contributed by atoms with Crippen LogP contribution in [0.2, 0.25) is 0 Å². The normalized spacial score (nSPS) is 11.6. The summed E-state index contributed by atoms with van der Waals surface area (Å²) in [5, 5.41) is 2.28. The van der Waals surface area contributed by atoms with Gasteiger partial charge in [-0.15, -0.1) is 0 Å². The first kappa shape index (κ1) is 25.4. The molecule has 0 amide bonds. The molecule has 7 rings (SSSR count). The number of hydrogen-bond donors (Lipinski definition) is 0. The van der Waals surface area contributed by atoms with Gasteiger partial charge in [-0.2, -0.15) is 0 Å². The molecule has 198 valence electrons. The predicted molar refractivity (Wildman–Crippen MR) is 179 cm³/mol. The second kappa shape index (κ2) is 11.5. The Kier molecular flexibility index (Phi) is 6.94. The number of hydrogen-bond acceptors (Lipinski definition) is 2. The van der Waals surface area contributed by atoms with Crippen molar-refractivity contribution in [3.8, 4) is 22.3 Å². The Morgan fingerprint density at radius 1 is 0.333 bits per heavy atom. The van der Waals surface area contributed by atoms with E-state index >= 15 is 0 Å². The Morgan fingerprint density at radius 3 is 1.19 bits per heavy atom. The van der Waals surface area contributed by atoms with Crippen LogP contribution in [-0.2, 0) is 0 Å². The molecule has 2 heterocycles. The highest BCUT2D eigenvalue weighted by molar-refractivity contribution is 5.87. The van der Waals surface area contributed by atoms with Gasteiger partial charge in [0.2, 0.25) is 0 Å². The van der Waals surface area contributed by atoms with Gasteiger partial charge in [-0.1, -0.05) is 121 Å². The quantitative estimate of drug-likeness (QED) is 0.211. The molecule has 0 N–H and O–H groups in total. The fraction of sp³-hybridized carbons (Fsp3) is 0. The Labute approximate surface area is 246 Å². The first-order valence-electron chi connectivity index (χ1n) is 14.2. The van der Waals surface area contributed by atoms with Crippen molar-refractivity contribution >= 4 is 46.1 Å². The van der Waals surface area contributed by atoms with E-state index in [-0.39, 0.29) is 0 Å². The Balaban J connectivity index is 1.03. The second-order valence-corrected chi connectivity index (χ2v) is 10.4. The zero-order valence-corrected chi connectivity index (χ0v) is 23.1. The molecule has 0 aliphatic heterocycles. The molecular weight excluding hydrogens is 508 g/mol. The van der Waals surface area contributed by atoms with E-state index in [0.29, 0.717) is 0 Å². The summed E-state index contributed by atoms with van der Waals surface area (Å²) >= 11 is 0. The van der Waals surface area contributed by atoms with Gasteiger partial charge in [0.1, 0.15) is 0 Å². The van der Waals surface area contributed by atoms with Crippen molar-refractivity contribution in [1.29, 1.82) is 0 Å². The topological polar surface area (TPSA) is 25.8 Å². The zero-order valence-electron chi connectivity index (χ0n) is 23.1. The van der Waals surface area contributed by atoms with Gasteiger partial charge in [0.15, 0.2) is 0 Å². The number of benzene rings is 5. The van der Waals surface area contributed by atoms with Crippen molar-refractivity contribution < 1.29 is 0 Å². The highest BCUT2D eigenvalue weighted by atomic mass is 14.7. The van der Waals surface area contributed by atoms with Gasteiger partial charge in [-0.3, -0.25) is 0 Å². The van der Waals surface area contributed by atoms with Crippen molar-refractivity contribution in [3.63, 3.8) is 0 Å². The van der Waals surface area contributed by atoms with Crippen LogP contribution in [0.3, 0.4) is 0 Å². The van der Waals surface area contributed by atoms with E-state index in [0.717, 1.165) is 44.3 Å². The van der Waals surface area contributed by atoms with Gasteiger partial charge in [0, 0.05) is 10.8 Å². The third-order valence-corrected chi connectivity index (χ3v) is 7.47. The summed E-state index contributed by atoms with van der Waals surface area (Å²) in [6.07, 6.45) is 8.35. The Hall–Kier alpha value is -5.60. The third-order valence-electron chi connectivity index (χ3n) is 7.47. The van der Waals surface area contributed by atoms with E-state index in [2.05, 4.69) is 158 Å². The maximum absolute atomic E-state index is 4.84. The first-order valence-corrected chi connectivity index (χ1v) is 14.2. The summed E-state index contributed by atoms with van der Waals surface area (Å²) in [5.41, 5.74) is 11.0. The van der Waals surface area contributed by atoms with Crippen LogP contribution in [-0.4, -0.2) is 9.97 Å². The summed E-state index contributed by atoms with van der Waals surface area (Å²) in [4.78, 5) is 9.68. The maximum Gasteiger partial charge on any atom is 0.0709 e. The van der Waals surface area contributed by atoms with Crippen LogP contribution >= 0.6 is 0 Å². The van der Waals surface area contributed by atoms with E-state index in [1.165, 1.54) is 22.3 Å². The largest absolute Gasteiger partial charge is 0.248 e. The Bertz CT molecular complexity index is 1900. The van der Waals surface area contributed by atoms with Crippen LogP contribution in [0, 0.1) is 0 Å². The smallest absolute Gasteiger partial charge is 0.0709 e. The lowest BCUT2D eigenvalue weighted by Gasteiger charge is -2.05. The van der Waals surface area contributed by atoms with Gasteiger partial charge < -0.3 is 0 Å². The minimum Gasteiger partial charge on any atom is -0.248 e. The van der Waals surface area contributed by atoms with E-state index in [1.807, 2.05) is 12.1 Å². The molecule has 0 saturated carbocycles. The van der Waals surface area contributed by atoms with Crippen molar-refractivity contribution in [1.82, 2.24) is 9.97 Å². The zero-order chi connectivity index (χ0) is 28.1. The standard InChI is InChI=1S/C40H28N2/c1-3-7-31(8-4-1)33-19-25-39-35(27-33)17-23-37(41-39)21-15-29-11-13-30(14-12-29)16-22-38-24-18-36-28-34(20-26-40(36)42-38)32-9-5-2-6-10-32/h1-28H/b21-15+,22-16+. The lowest BCUT2D eigenvalue weighted by molar-refractivity contribution is 1.37. The number of pyridine rings is 2. The van der Waals surface area contributed by atoms with E-state index in [4.69, 9.17) is 9.97 Å². The van der Waals surface area contributed by atoms with Crippen molar-refractivity contribution in [2.45, 2.75) is 0 Å². The number of aromatic nitrogens is 2. The van der Waals surface area contributed by atoms with Crippen LogP contribution < -0.4 is 0 Å². The van der Waals surface area contributed by atoms with E-state index in [9.17, 15) is 0 Å². The van der Waals surface area contributed by atoms with Gasteiger partial charge >= 0.3 is 0 Å². The van der Waals surface area contributed by atoms with Crippen molar-refractivity contribution in [2.75, 3.05) is 0 Å². The highest BCUT2D eigenvalue weighted by Gasteiger charge is 2.03. The molecule has 2 aromatic heterocycles. The molecule has 2 heteroatoms. The predicted octanol–water partition coefficient (Wildman–Crippen LogP) is 10.5. The lowest BCUT2D eigenvalue weighted by atomic mass is 10.0. The molecular formula is C40H28N2. The van der Waals surface area contributed by atoms with Crippen molar-refractivity contribution in [2.24, 2.45) is 0 Å². The number of nitrogens with zero attached hydrogens (tertiary/aromatic N) is 2. The maximum atomic E-state index is 4.84. The third kappa shape index (κ3) is 5.65. The highest BCUT2D eigenvalue weighted by Crippen LogP contribution is 2.25. The molecule has 0 fully saturated rings. The summed E-state index contributed by atoms with van der Waals surface area (Å²) in [6.45, 7) is 0. The Morgan fingerprint density at radius 2 is 0.762 bits per heavy atom. The van der Waals surface area contributed by atoms with Crippen LogP contribution in [0.15, 0.2) is 146 Å². The molecule has 0 radical (unpaired) electrons. The summed E-state index contributed by atoms with van der Waals surface area (Å²) in [7, 11) is 0. The fourth-order valence-corrected chi connectivity index (χ4v) is 5.17. The molecule has 0 unspecified atom stereocenters. The molecule has 0 saturated heterocycles. The molecule has 0 spiro atoms. The van der Waals surface area contributed by atoms with Crippen LogP contribution in [0.1, 0.15) is 22.5 Å². The van der Waals surface area contributed by atoms with Crippen LogP contribution in [0.5, 0.6) is 0 Å². The molecule has 42 heavy (non-hydrogen) atoms. The monoisotopic (exact) mass is 536 g/mol. The number of fused-ring (bicyclic) bond motifs is 2. The van der Waals surface area contributed by atoms with Gasteiger partial charge in [-0.05, 0) is 81.9 Å². The molecule has 7 aromatic rings. The summed E-state index contributed by atoms with van der Waals surface area (Å²) in [5.74, 6) is 0. The SMILES string of the molecule is C(=C\c1ccc2cc(-c3ccccc3)ccc2n1)/c1ccc(/C=C/c2ccc3cc(-c4ccccc4)ccc3n2)cc1. The molecule has 0 atom stereocenters. The molecule has 0 aliphatic carbocycles. The number of rotatable bonds is 6. The van der Waals surface area contributed by atoms with Crippen LogP contribution in [0.4, 0.5) is 0 Å². The minimum absolute atomic E-state index is 0.942. The first-order chi connectivity index (χ1) is 20.8. The summed E-state index contributed by atoms with van der Waals surface area (Å²) < 4.78 is 0. The van der Waals surface area contributed by atoms with Crippen molar-refractivity contribution in [3.05, 3.63) is 168 Å². The minimum atomic E-state index is 0.942.